The second-order valence-corrected chi connectivity index (χ2v) is 6.48. The molecule has 2 rings (SSSR count). The van der Waals surface area contributed by atoms with Crippen LogP contribution in [0.2, 0.25) is 0 Å². The van der Waals surface area contributed by atoms with E-state index in [1.807, 2.05) is 38.1 Å². The molecule has 1 aliphatic rings. The number of amides is 2. The molecule has 0 aliphatic carbocycles. The molecule has 1 heterocycles. The summed E-state index contributed by atoms with van der Waals surface area (Å²) in [5.74, 6) is 0.0198. The highest BCUT2D eigenvalue weighted by molar-refractivity contribution is 14.1. The number of hydrogen-bond acceptors (Lipinski definition) is 2. The third-order valence-corrected chi connectivity index (χ3v) is 4.60. The van der Waals surface area contributed by atoms with E-state index in [4.69, 9.17) is 0 Å². The molecule has 4 nitrogen and oxygen atoms in total. The lowest BCUT2D eigenvalue weighted by molar-refractivity contribution is -0.134. The van der Waals surface area contributed by atoms with Crippen LogP contribution in [0.15, 0.2) is 24.3 Å². The van der Waals surface area contributed by atoms with Gasteiger partial charge in [-0.05, 0) is 59.7 Å². The third-order valence-electron chi connectivity index (χ3n) is 3.89. The predicted octanol–water partition coefficient (Wildman–Crippen LogP) is 2.56. The standard InChI is InChI=1S/C15H19IN2O2/c1-4-9(2)13-15(20)18(10(3)14(19)17-13)12-7-5-11(16)6-8-12/h5-10,13H,4H2,1-3H3,(H,17,19). The van der Waals surface area contributed by atoms with Gasteiger partial charge in [0.25, 0.3) is 5.91 Å². The van der Waals surface area contributed by atoms with Crippen LogP contribution in [0.3, 0.4) is 0 Å². The molecule has 1 aromatic carbocycles. The fraction of sp³-hybridized carbons (Fsp3) is 0.467. The molecule has 5 heteroatoms. The fourth-order valence-electron chi connectivity index (χ4n) is 2.37. The van der Waals surface area contributed by atoms with E-state index >= 15 is 0 Å². The second-order valence-electron chi connectivity index (χ2n) is 5.23. The maximum atomic E-state index is 12.7. The zero-order valence-corrected chi connectivity index (χ0v) is 14.0. The van der Waals surface area contributed by atoms with Crippen LogP contribution in [0.5, 0.6) is 0 Å². The van der Waals surface area contributed by atoms with Crippen molar-refractivity contribution in [1.29, 1.82) is 0 Å². The van der Waals surface area contributed by atoms with E-state index in [1.165, 1.54) is 0 Å². The van der Waals surface area contributed by atoms with E-state index in [-0.39, 0.29) is 17.7 Å². The minimum absolute atomic E-state index is 0.0207. The van der Waals surface area contributed by atoms with Crippen LogP contribution >= 0.6 is 22.6 Å². The smallest absolute Gasteiger partial charge is 0.250 e. The summed E-state index contributed by atoms with van der Waals surface area (Å²) in [6, 6.07) is 6.78. The van der Waals surface area contributed by atoms with Crippen LogP contribution in [-0.2, 0) is 9.59 Å². The number of halogens is 1. The van der Waals surface area contributed by atoms with Gasteiger partial charge in [-0.25, -0.2) is 0 Å². The van der Waals surface area contributed by atoms with Crippen molar-refractivity contribution in [2.45, 2.75) is 39.3 Å². The first-order chi connectivity index (χ1) is 9.45. The SMILES string of the molecule is CCC(C)C1NC(=O)C(C)N(c2ccc(I)cc2)C1=O. The number of carbonyl (C=O) groups excluding carboxylic acids is 2. The molecule has 2 amide bonds. The molecule has 0 bridgehead atoms. The average molecular weight is 386 g/mol. The largest absolute Gasteiger partial charge is 0.342 e. The minimum Gasteiger partial charge on any atom is -0.342 e. The van der Waals surface area contributed by atoms with Gasteiger partial charge in [0.1, 0.15) is 12.1 Å². The Kier molecular flexibility index (Phi) is 4.67. The third kappa shape index (κ3) is 2.82. The fourth-order valence-corrected chi connectivity index (χ4v) is 2.73. The van der Waals surface area contributed by atoms with Gasteiger partial charge >= 0.3 is 0 Å². The Labute approximate surface area is 133 Å². The summed E-state index contributed by atoms with van der Waals surface area (Å²) in [4.78, 5) is 26.4. The molecule has 1 N–H and O–H groups in total. The molecule has 20 heavy (non-hydrogen) atoms. The topological polar surface area (TPSA) is 49.4 Å². The molecular formula is C15H19IN2O2. The number of piperazine rings is 1. The van der Waals surface area contributed by atoms with Crippen molar-refractivity contribution in [3.63, 3.8) is 0 Å². The first kappa shape index (κ1) is 15.3. The highest BCUT2D eigenvalue weighted by atomic mass is 127. The van der Waals surface area contributed by atoms with Crippen molar-refractivity contribution in [2.24, 2.45) is 5.92 Å². The number of carbonyl (C=O) groups is 2. The lowest BCUT2D eigenvalue weighted by Crippen LogP contribution is -2.64. The number of benzene rings is 1. The Bertz CT molecular complexity index is 515. The summed E-state index contributed by atoms with van der Waals surface area (Å²) < 4.78 is 1.10. The van der Waals surface area contributed by atoms with Crippen LogP contribution < -0.4 is 10.2 Å². The molecular weight excluding hydrogens is 367 g/mol. The summed E-state index contributed by atoms with van der Waals surface area (Å²) in [6.45, 7) is 5.78. The summed E-state index contributed by atoms with van der Waals surface area (Å²) in [5, 5.41) is 2.85. The number of anilines is 1. The van der Waals surface area contributed by atoms with Gasteiger partial charge in [-0.3, -0.25) is 14.5 Å². The van der Waals surface area contributed by atoms with Crippen molar-refractivity contribution >= 4 is 40.1 Å². The molecule has 0 aromatic heterocycles. The molecule has 0 spiro atoms. The van der Waals surface area contributed by atoms with Gasteiger partial charge in [-0.1, -0.05) is 20.3 Å². The van der Waals surface area contributed by atoms with Crippen molar-refractivity contribution < 1.29 is 9.59 Å². The van der Waals surface area contributed by atoms with Crippen molar-refractivity contribution in [3.05, 3.63) is 27.8 Å². The maximum absolute atomic E-state index is 12.7. The normalized spacial score (nSPS) is 24.5. The van der Waals surface area contributed by atoms with Gasteiger partial charge in [0.15, 0.2) is 0 Å². The lowest BCUT2D eigenvalue weighted by atomic mass is 9.94. The molecule has 0 radical (unpaired) electrons. The van der Waals surface area contributed by atoms with Gasteiger partial charge in [0, 0.05) is 9.26 Å². The van der Waals surface area contributed by atoms with E-state index < -0.39 is 12.1 Å². The molecule has 108 valence electrons. The average Bonchev–Trinajstić information content (AvgIpc) is 2.44. The van der Waals surface area contributed by atoms with Gasteiger partial charge in [0.2, 0.25) is 5.91 Å². The van der Waals surface area contributed by atoms with Crippen LogP contribution in [0.1, 0.15) is 27.2 Å². The molecule has 1 fully saturated rings. The Hall–Kier alpha value is -1.11. The monoisotopic (exact) mass is 386 g/mol. The molecule has 3 atom stereocenters. The maximum Gasteiger partial charge on any atom is 0.250 e. The Morgan fingerprint density at radius 2 is 1.90 bits per heavy atom. The minimum atomic E-state index is -0.470. The van der Waals surface area contributed by atoms with Crippen LogP contribution in [0.4, 0.5) is 5.69 Å². The van der Waals surface area contributed by atoms with Crippen molar-refractivity contribution in [1.82, 2.24) is 5.32 Å². The molecule has 1 saturated heterocycles. The quantitative estimate of drug-likeness (QED) is 0.812. The lowest BCUT2D eigenvalue weighted by Gasteiger charge is -2.39. The Morgan fingerprint density at radius 1 is 1.30 bits per heavy atom. The molecule has 1 aromatic rings. The number of hydrogen-bond donors (Lipinski definition) is 1. The number of rotatable bonds is 3. The number of nitrogens with one attached hydrogen (secondary N) is 1. The van der Waals surface area contributed by atoms with Crippen LogP contribution in [-0.4, -0.2) is 23.9 Å². The molecule has 0 saturated carbocycles. The van der Waals surface area contributed by atoms with Crippen molar-refractivity contribution in [2.75, 3.05) is 4.90 Å². The van der Waals surface area contributed by atoms with E-state index in [2.05, 4.69) is 27.9 Å². The molecule has 3 unspecified atom stereocenters. The highest BCUT2D eigenvalue weighted by Crippen LogP contribution is 2.25. The summed E-state index contributed by atoms with van der Waals surface area (Å²) in [6.07, 6.45) is 0.853. The van der Waals surface area contributed by atoms with E-state index in [1.54, 1.807) is 11.8 Å². The first-order valence-electron chi connectivity index (χ1n) is 6.84. The zero-order valence-electron chi connectivity index (χ0n) is 11.9. The zero-order chi connectivity index (χ0) is 14.9. The Morgan fingerprint density at radius 3 is 2.45 bits per heavy atom. The van der Waals surface area contributed by atoms with Gasteiger partial charge < -0.3 is 5.32 Å². The van der Waals surface area contributed by atoms with E-state index in [0.29, 0.717) is 0 Å². The second kappa shape index (κ2) is 6.11. The van der Waals surface area contributed by atoms with E-state index in [9.17, 15) is 9.59 Å². The van der Waals surface area contributed by atoms with Crippen molar-refractivity contribution in [3.8, 4) is 0 Å². The van der Waals surface area contributed by atoms with Gasteiger partial charge in [-0.2, -0.15) is 0 Å². The number of nitrogens with zero attached hydrogens (tertiary/aromatic N) is 1. The summed E-state index contributed by atoms with van der Waals surface area (Å²) in [7, 11) is 0. The summed E-state index contributed by atoms with van der Waals surface area (Å²) >= 11 is 2.22. The highest BCUT2D eigenvalue weighted by Gasteiger charge is 2.40. The summed E-state index contributed by atoms with van der Waals surface area (Å²) in [5.41, 5.74) is 0.783. The first-order valence-corrected chi connectivity index (χ1v) is 7.92. The van der Waals surface area contributed by atoms with Gasteiger partial charge in [0.05, 0.1) is 0 Å². The predicted molar refractivity (Wildman–Crippen MR) is 87.5 cm³/mol. The van der Waals surface area contributed by atoms with Crippen LogP contribution in [0, 0.1) is 9.49 Å². The Balaban J connectivity index is 2.35. The van der Waals surface area contributed by atoms with Crippen LogP contribution in [0.25, 0.3) is 0 Å². The van der Waals surface area contributed by atoms with Gasteiger partial charge in [-0.15, -0.1) is 0 Å². The van der Waals surface area contributed by atoms with E-state index in [0.717, 1.165) is 15.7 Å². The molecule has 1 aliphatic heterocycles.